The van der Waals surface area contributed by atoms with Crippen LogP contribution in [0.25, 0.3) is 0 Å². The third-order valence-corrected chi connectivity index (χ3v) is 3.37. The van der Waals surface area contributed by atoms with E-state index in [9.17, 15) is 9.18 Å². The van der Waals surface area contributed by atoms with E-state index in [1.807, 2.05) is 18.0 Å². The topological polar surface area (TPSA) is 45.9 Å². The van der Waals surface area contributed by atoms with Crippen LogP contribution in [0.2, 0.25) is 0 Å². The zero-order valence-electron chi connectivity index (χ0n) is 13.4. The van der Waals surface area contributed by atoms with Gasteiger partial charge < -0.3 is 14.1 Å². The van der Waals surface area contributed by atoms with Crippen molar-refractivity contribution in [3.63, 3.8) is 0 Å². The number of hydrogen-bond acceptors (Lipinski definition) is 4. The van der Waals surface area contributed by atoms with Crippen molar-refractivity contribution in [2.24, 2.45) is 0 Å². The highest BCUT2D eigenvalue weighted by Crippen LogP contribution is 2.15. The Morgan fingerprint density at radius 3 is 2.70 bits per heavy atom. The summed E-state index contributed by atoms with van der Waals surface area (Å²) in [5.74, 6) is 0.563. The number of carbonyl (C=O) groups excluding carboxylic acids is 1. The van der Waals surface area contributed by atoms with Crippen LogP contribution in [0.3, 0.4) is 0 Å². The molecule has 0 spiro atoms. The summed E-state index contributed by atoms with van der Waals surface area (Å²) in [5.41, 5.74) is 0. The van der Waals surface area contributed by atoms with Gasteiger partial charge in [0.15, 0.2) is 11.6 Å². The lowest BCUT2D eigenvalue weighted by molar-refractivity contribution is -0.131. The van der Waals surface area contributed by atoms with Crippen molar-refractivity contribution in [3.05, 3.63) is 54.2 Å². The third kappa shape index (κ3) is 5.41. The van der Waals surface area contributed by atoms with Gasteiger partial charge in [-0.15, -0.1) is 0 Å². The van der Waals surface area contributed by atoms with Crippen molar-refractivity contribution in [1.29, 1.82) is 0 Å². The second-order valence-corrected chi connectivity index (χ2v) is 5.35. The SMILES string of the molecule is CN(CCOc1ccccc1F)CC(=O)N(C)Cc1ccco1. The molecule has 0 aliphatic heterocycles. The van der Waals surface area contributed by atoms with Crippen LogP contribution in [-0.2, 0) is 11.3 Å². The molecule has 5 nitrogen and oxygen atoms in total. The Balaban J connectivity index is 1.70. The lowest BCUT2D eigenvalue weighted by Gasteiger charge is -2.21. The van der Waals surface area contributed by atoms with E-state index in [4.69, 9.17) is 9.15 Å². The first-order chi connectivity index (χ1) is 11.1. The van der Waals surface area contributed by atoms with Gasteiger partial charge in [-0.05, 0) is 31.3 Å². The fraction of sp³-hybridized carbons (Fsp3) is 0.353. The molecule has 0 saturated heterocycles. The highest BCUT2D eigenvalue weighted by Gasteiger charge is 2.13. The smallest absolute Gasteiger partial charge is 0.236 e. The van der Waals surface area contributed by atoms with Crippen LogP contribution in [0.1, 0.15) is 5.76 Å². The number of likely N-dealkylation sites (N-methyl/N-ethyl adjacent to an activating group) is 2. The Kier molecular flexibility index (Phi) is 6.17. The molecule has 23 heavy (non-hydrogen) atoms. The summed E-state index contributed by atoms with van der Waals surface area (Å²) in [6, 6.07) is 9.89. The zero-order chi connectivity index (χ0) is 16.7. The number of amides is 1. The first-order valence-electron chi connectivity index (χ1n) is 7.38. The summed E-state index contributed by atoms with van der Waals surface area (Å²) in [7, 11) is 3.55. The summed E-state index contributed by atoms with van der Waals surface area (Å²) in [5, 5.41) is 0. The number of rotatable bonds is 8. The van der Waals surface area contributed by atoms with Crippen molar-refractivity contribution in [3.8, 4) is 5.75 Å². The number of nitrogens with zero attached hydrogens (tertiary/aromatic N) is 2. The largest absolute Gasteiger partial charge is 0.489 e. The number of benzene rings is 1. The molecule has 0 unspecified atom stereocenters. The summed E-state index contributed by atoms with van der Waals surface area (Å²) in [4.78, 5) is 15.5. The molecule has 1 amide bonds. The Morgan fingerprint density at radius 1 is 1.22 bits per heavy atom. The van der Waals surface area contributed by atoms with E-state index in [0.29, 0.717) is 19.7 Å². The molecule has 2 rings (SSSR count). The number of para-hydroxylation sites is 1. The minimum absolute atomic E-state index is 0.0187. The maximum absolute atomic E-state index is 13.4. The summed E-state index contributed by atoms with van der Waals surface area (Å²) >= 11 is 0. The van der Waals surface area contributed by atoms with Crippen LogP contribution in [0, 0.1) is 5.82 Å². The monoisotopic (exact) mass is 320 g/mol. The van der Waals surface area contributed by atoms with Crippen LogP contribution < -0.4 is 4.74 Å². The predicted molar refractivity (Wildman–Crippen MR) is 84.6 cm³/mol. The molecule has 0 fully saturated rings. The zero-order valence-corrected chi connectivity index (χ0v) is 13.4. The van der Waals surface area contributed by atoms with Crippen molar-refractivity contribution in [2.45, 2.75) is 6.54 Å². The van der Waals surface area contributed by atoms with Gasteiger partial charge in [0.1, 0.15) is 12.4 Å². The second kappa shape index (κ2) is 8.33. The van der Waals surface area contributed by atoms with E-state index >= 15 is 0 Å². The first kappa shape index (κ1) is 17.0. The Bertz CT molecular complexity index is 616. The molecule has 1 aromatic heterocycles. The summed E-state index contributed by atoms with van der Waals surface area (Å²) < 4.78 is 24.0. The van der Waals surface area contributed by atoms with Gasteiger partial charge in [-0.25, -0.2) is 4.39 Å². The Morgan fingerprint density at radius 2 is 2.00 bits per heavy atom. The van der Waals surface area contributed by atoms with Crippen LogP contribution in [-0.4, -0.2) is 49.5 Å². The van der Waals surface area contributed by atoms with Gasteiger partial charge in [0.2, 0.25) is 5.91 Å². The Hall–Kier alpha value is -2.34. The normalized spacial score (nSPS) is 10.8. The molecule has 0 atom stereocenters. The standard InChI is InChI=1S/C17H21FN2O3/c1-19(9-11-23-16-8-4-3-7-15(16)18)13-17(21)20(2)12-14-6-5-10-22-14/h3-8,10H,9,11-13H2,1-2H3. The minimum atomic E-state index is -0.385. The summed E-state index contributed by atoms with van der Waals surface area (Å²) in [6.07, 6.45) is 1.58. The van der Waals surface area contributed by atoms with E-state index in [1.54, 1.807) is 42.5 Å². The number of ether oxygens (including phenoxy) is 1. The molecular formula is C17H21FN2O3. The van der Waals surface area contributed by atoms with E-state index in [0.717, 1.165) is 5.76 Å². The first-order valence-corrected chi connectivity index (χ1v) is 7.38. The molecule has 1 heterocycles. The molecule has 0 radical (unpaired) electrons. The molecule has 124 valence electrons. The van der Waals surface area contributed by atoms with Gasteiger partial charge in [0, 0.05) is 13.6 Å². The number of furan rings is 1. The van der Waals surface area contributed by atoms with E-state index in [2.05, 4.69) is 0 Å². The molecule has 0 aliphatic carbocycles. The highest BCUT2D eigenvalue weighted by atomic mass is 19.1. The number of hydrogen-bond donors (Lipinski definition) is 0. The quantitative estimate of drug-likeness (QED) is 0.749. The van der Waals surface area contributed by atoms with Crippen LogP contribution >= 0.6 is 0 Å². The van der Waals surface area contributed by atoms with Crippen LogP contribution in [0.5, 0.6) is 5.75 Å². The van der Waals surface area contributed by atoms with Gasteiger partial charge in [0.05, 0.1) is 19.4 Å². The molecule has 0 aliphatic rings. The molecule has 0 saturated carbocycles. The molecular weight excluding hydrogens is 299 g/mol. The average molecular weight is 320 g/mol. The van der Waals surface area contributed by atoms with Gasteiger partial charge in [0.25, 0.3) is 0 Å². The molecule has 0 N–H and O–H groups in total. The minimum Gasteiger partial charge on any atom is -0.489 e. The lowest BCUT2D eigenvalue weighted by atomic mass is 10.3. The maximum Gasteiger partial charge on any atom is 0.236 e. The van der Waals surface area contributed by atoms with Crippen LogP contribution in [0.15, 0.2) is 47.1 Å². The fourth-order valence-corrected chi connectivity index (χ4v) is 2.03. The van der Waals surface area contributed by atoms with Gasteiger partial charge in [-0.2, -0.15) is 0 Å². The number of carbonyl (C=O) groups is 1. The Labute approximate surface area is 135 Å². The number of halogens is 1. The van der Waals surface area contributed by atoms with Gasteiger partial charge >= 0.3 is 0 Å². The van der Waals surface area contributed by atoms with Crippen molar-refractivity contribution >= 4 is 5.91 Å². The average Bonchev–Trinajstić information content (AvgIpc) is 3.02. The van der Waals surface area contributed by atoms with Crippen molar-refractivity contribution < 1.29 is 18.3 Å². The summed E-state index contributed by atoms with van der Waals surface area (Å²) in [6.45, 7) is 1.53. The fourth-order valence-electron chi connectivity index (χ4n) is 2.03. The van der Waals surface area contributed by atoms with Gasteiger partial charge in [-0.1, -0.05) is 12.1 Å². The molecule has 1 aromatic carbocycles. The van der Waals surface area contributed by atoms with E-state index in [-0.39, 0.29) is 24.0 Å². The maximum atomic E-state index is 13.4. The van der Waals surface area contributed by atoms with E-state index < -0.39 is 0 Å². The van der Waals surface area contributed by atoms with Gasteiger partial charge in [-0.3, -0.25) is 9.69 Å². The lowest BCUT2D eigenvalue weighted by Crippen LogP contribution is -2.37. The molecule has 6 heteroatoms. The van der Waals surface area contributed by atoms with Crippen molar-refractivity contribution in [1.82, 2.24) is 9.80 Å². The predicted octanol–water partition coefficient (Wildman–Crippen LogP) is 2.39. The molecule has 0 bridgehead atoms. The highest BCUT2D eigenvalue weighted by molar-refractivity contribution is 5.77. The van der Waals surface area contributed by atoms with Crippen LogP contribution in [0.4, 0.5) is 4.39 Å². The van der Waals surface area contributed by atoms with E-state index in [1.165, 1.54) is 6.07 Å². The van der Waals surface area contributed by atoms with Crippen molar-refractivity contribution in [2.75, 3.05) is 33.8 Å². The third-order valence-electron chi connectivity index (χ3n) is 3.37. The molecule has 2 aromatic rings. The second-order valence-electron chi connectivity index (χ2n) is 5.35.